The highest BCUT2D eigenvalue weighted by Gasteiger charge is 2.26. The Labute approximate surface area is 115 Å². The summed E-state index contributed by atoms with van der Waals surface area (Å²) in [7, 11) is 1.96. The standard InChI is InChI=1S/C14H16BrN3/c1-16-9-10-2-5-14(12(15)8-10)18-7-6-13(17-18)11-3-4-11/h2,5-8,11,16H,3-4,9H2,1H3. The van der Waals surface area contributed by atoms with Crippen molar-refractivity contribution in [3.63, 3.8) is 0 Å². The summed E-state index contributed by atoms with van der Waals surface area (Å²) in [5.41, 5.74) is 3.59. The molecule has 18 heavy (non-hydrogen) atoms. The largest absolute Gasteiger partial charge is 0.316 e. The lowest BCUT2D eigenvalue weighted by molar-refractivity contribution is 0.809. The molecule has 0 spiro atoms. The summed E-state index contributed by atoms with van der Waals surface area (Å²) >= 11 is 3.63. The van der Waals surface area contributed by atoms with Crippen molar-refractivity contribution < 1.29 is 0 Å². The summed E-state index contributed by atoms with van der Waals surface area (Å²) in [5, 5.41) is 7.80. The molecule has 0 bridgehead atoms. The van der Waals surface area contributed by atoms with E-state index >= 15 is 0 Å². The minimum absolute atomic E-state index is 0.702. The highest BCUT2D eigenvalue weighted by Crippen LogP contribution is 2.39. The van der Waals surface area contributed by atoms with Crippen LogP contribution in [0.15, 0.2) is 34.9 Å². The molecule has 1 aromatic carbocycles. The zero-order chi connectivity index (χ0) is 12.5. The second-order valence-corrected chi connectivity index (χ2v) is 5.63. The van der Waals surface area contributed by atoms with E-state index in [0.717, 1.165) is 16.7 Å². The summed E-state index contributed by atoms with van der Waals surface area (Å²) in [5.74, 6) is 0.702. The molecule has 0 radical (unpaired) electrons. The molecule has 1 heterocycles. The van der Waals surface area contributed by atoms with Gasteiger partial charge in [0.25, 0.3) is 0 Å². The Morgan fingerprint density at radius 1 is 1.39 bits per heavy atom. The predicted octanol–water partition coefficient (Wildman–Crippen LogP) is 3.23. The van der Waals surface area contributed by atoms with Crippen molar-refractivity contribution in [3.05, 3.63) is 46.2 Å². The summed E-state index contributed by atoms with van der Waals surface area (Å²) in [4.78, 5) is 0. The summed E-state index contributed by atoms with van der Waals surface area (Å²) in [6.07, 6.45) is 4.63. The molecule has 1 fully saturated rings. The second kappa shape index (κ2) is 4.86. The topological polar surface area (TPSA) is 29.9 Å². The van der Waals surface area contributed by atoms with Gasteiger partial charge in [-0.05, 0) is 59.6 Å². The third kappa shape index (κ3) is 2.35. The molecule has 3 rings (SSSR count). The van der Waals surface area contributed by atoms with Gasteiger partial charge in [0.05, 0.1) is 11.4 Å². The zero-order valence-corrected chi connectivity index (χ0v) is 11.9. The zero-order valence-electron chi connectivity index (χ0n) is 10.4. The van der Waals surface area contributed by atoms with Gasteiger partial charge in [0.2, 0.25) is 0 Å². The average Bonchev–Trinajstić information content (AvgIpc) is 3.09. The van der Waals surface area contributed by atoms with E-state index in [2.05, 4.69) is 50.6 Å². The first kappa shape index (κ1) is 11.9. The summed E-state index contributed by atoms with van der Waals surface area (Å²) in [6, 6.07) is 8.52. The lowest BCUT2D eigenvalue weighted by atomic mass is 10.2. The number of rotatable bonds is 4. The monoisotopic (exact) mass is 305 g/mol. The van der Waals surface area contributed by atoms with Gasteiger partial charge in [-0.1, -0.05) is 6.07 Å². The second-order valence-electron chi connectivity index (χ2n) is 4.78. The van der Waals surface area contributed by atoms with Gasteiger partial charge in [0.15, 0.2) is 0 Å². The van der Waals surface area contributed by atoms with Crippen LogP contribution in [0.1, 0.15) is 30.0 Å². The smallest absolute Gasteiger partial charge is 0.0787 e. The number of aromatic nitrogens is 2. The van der Waals surface area contributed by atoms with Crippen molar-refractivity contribution >= 4 is 15.9 Å². The van der Waals surface area contributed by atoms with E-state index < -0.39 is 0 Å². The van der Waals surface area contributed by atoms with Crippen molar-refractivity contribution in [3.8, 4) is 5.69 Å². The molecule has 1 aromatic heterocycles. The first-order valence-electron chi connectivity index (χ1n) is 6.27. The van der Waals surface area contributed by atoms with Crippen molar-refractivity contribution in [2.75, 3.05) is 7.05 Å². The predicted molar refractivity (Wildman–Crippen MR) is 76.0 cm³/mol. The fraction of sp³-hybridized carbons (Fsp3) is 0.357. The Hall–Kier alpha value is -1.13. The van der Waals surface area contributed by atoms with E-state index in [1.54, 1.807) is 0 Å². The van der Waals surface area contributed by atoms with E-state index in [-0.39, 0.29) is 0 Å². The lowest BCUT2D eigenvalue weighted by Gasteiger charge is -2.07. The minimum Gasteiger partial charge on any atom is -0.316 e. The third-order valence-electron chi connectivity index (χ3n) is 3.25. The van der Waals surface area contributed by atoms with Gasteiger partial charge in [-0.2, -0.15) is 5.10 Å². The van der Waals surface area contributed by atoms with Gasteiger partial charge in [-0.15, -0.1) is 0 Å². The molecule has 0 unspecified atom stereocenters. The van der Waals surface area contributed by atoms with Crippen LogP contribution in [0, 0.1) is 0 Å². The molecular formula is C14H16BrN3. The Morgan fingerprint density at radius 3 is 2.89 bits per heavy atom. The van der Waals surface area contributed by atoms with Crippen LogP contribution in [-0.2, 0) is 6.54 Å². The number of nitrogens with zero attached hydrogens (tertiary/aromatic N) is 2. The lowest BCUT2D eigenvalue weighted by Crippen LogP contribution is -2.05. The summed E-state index contributed by atoms with van der Waals surface area (Å²) in [6.45, 7) is 0.880. The minimum atomic E-state index is 0.702. The Morgan fingerprint density at radius 2 is 2.22 bits per heavy atom. The van der Waals surface area contributed by atoms with Gasteiger partial charge in [-0.25, -0.2) is 4.68 Å². The van der Waals surface area contributed by atoms with E-state index in [9.17, 15) is 0 Å². The maximum Gasteiger partial charge on any atom is 0.0787 e. The molecule has 1 aliphatic rings. The molecule has 1 aliphatic carbocycles. The van der Waals surface area contributed by atoms with Crippen molar-refractivity contribution in [1.29, 1.82) is 0 Å². The fourth-order valence-corrected chi connectivity index (χ4v) is 2.73. The van der Waals surface area contributed by atoms with E-state index in [1.807, 2.05) is 17.9 Å². The van der Waals surface area contributed by atoms with Crippen LogP contribution in [0.2, 0.25) is 0 Å². The molecule has 94 valence electrons. The molecule has 3 nitrogen and oxygen atoms in total. The van der Waals surface area contributed by atoms with Gasteiger partial charge in [0.1, 0.15) is 0 Å². The maximum absolute atomic E-state index is 4.65. The molecule has 4 heteroatoms. The van der Waals surface area contributed by atoms with E-state index in [0.29, 0.717) is 5.92 Å². The number of nitrogens with one attached hydrogen (secondary N) is 1. The Bertz CT molecular complexity index is 558. The normalized spacial score (nSPS) is 15.0. The van der Waals surface area contributed by atoms with Crippen LogP contribution >= 0.6 is 15.9 Å². The number of hydrogen-bond donors (Lipinski definition) is 1. The van der Waals surface area contributed by atoms with E-state index in [4.69, 9.17) is 0 Å². The molecule has 0 atom stereocenters. The van der Waals surface area contributed by atoms with Crippen LogP contribution in [0.3, 0.4) is 0 Å². The molecule has 0 aliphatic heterocycles. The van der Waals surface area contributed by atoms with Crippen LogP contribution in [0.5, 0.6) is 0 Å². The quantitative estimate of drug-likeness (QED) is 0.940. The fourth-order valence-electron chi connectivity index (χ4n) is 2.12. The average molecular weight is 306 g/mol. The SMILES string of the molecule is CNCc1ccc(-n2ccc(C3CC3)n2)c(Br)c1. The van der Waals surface area contributed by atoms with Crippen LogP contribution < -0.4 is 5.32 Å². The molecule has 0 amide bonds. The van der Waals surface area contributed by atoms with Gasteiger partial charge >= 0.3 is 0 Å². The number of halogens is 1. The number of hydrogen-bond acceptors (Lipinski definition) is 2. The summed E-state index contributed by atoms with van der Waals surface area (Å²) < 4.78 is 3.04. The van der Waals surface area contributed by atoms with Crippen LogP contribution in [0.25, 0.3) is 5.69 Å². The van der Waals surface area contributed by atoms with Crippen molar-refractivity contribution in [2.45, 2.75) is 25.3 Å². The highest BCUT2D eigenvalue weighted by molar-refractivity contribution is 9.10. The third-order valence-corrected chi connectivity index (χ3v) is 3.88. The molecule has 1 N–H and O–H groups in total. The van der Waals surface area contributed by atoms with Gasteiger partial charge in [0, 0.05) is 23.1 Å². The van der Waals surface area contributed by atoms with Gasteiger partial charge < -0.3 is 5.32 Å². The number of benzene rings is 1. The maximum atomic E-state index is 4.65. The van der Waals surface area contributed by atoms with Gasteiger partial charge in [-0.3, -0.25) is 0 Å². The molecule has 0 saturated heterocycles. The Kier molecular flexibility index (Phi) is 3.22. The highest BCUT2D eigenvalue weighted by atomic mass is 79.9. The van der Waals surface area contributed by atoms with Crippen LogP contribution in [-0.4, -0.2) is 16.8 Å². The first-order valence-corrected chi connectivity index (χ1v) is 7.06. The van der Waals surface area contributed by atoms with Crippen molar-refractivity contribution in [1.82, 2.24) is 15.1 Å². The first-order chi connectivity index (χ1) is 8.78. The molecular weight excluding hydrogens is 290 g/mol. The molecule has 2 aromatic rings. The van der Waals surface area contributed by atoms with Crippen molar-refractivity contribution in [2.24, 2.45) is 0 Å². The van der Waals surface area contributed by atoms with E-state index in [1.165, 1.54) is 24.1 Å². The van der Waals surface area contributed by atoms with Crippen LogP contribution in [0.4, 0.5) is 0 Å². The Balaban J connectivity index is 1.90. The molecule has 1 saturated carbocycles.